The lowest BCUT2D eigenvalue weighted by atomic mass is 10.0. The van der Waals surface area contributed by atoms with Crippen LogP contribution in [0.1, 0.15) is 53.0 Å². The van der Waals surface area contributed by atoms with E-state index in [1.54, 1.807) is 11.6 Å². The molecule has 0 unspecified atom stereocenters. The Labute approximate surface area is 222 Å². The minimum atomic E-state index is -0.592. The van der Waals surface area contributed by atoms with Crippen molar-refractivity contribution in [2.24, 2.45) is 0 Å². The standard InChI is InChI=1S/C27H24ClFN6O3/c1-4-25-30-13-32-35(25)23-8-15(2)33-26-18(23)6-5-7-24(26)38-11-20-19(9-17(29)10-21(20)28)16(3)34-27(36)22-12-37-14-31-22/h5-10,12-14,16H,4,11H2,1-3H3,(H,34,36)/t16-/m0/s1. The van der Waals surface area contributed by atoms with Crippen molar-refractivity contribution in [3.05, 3.63) is 94.6 Å². The highest BCUT2D eigenvalue weighted by molar-refractivity contribution is 6.31. The molecule has 38 heavy (non-hydrogen) atoms. The van der Waals surface area contributed by atoms with Gasteiger partial charge in [0.1, 0.15) is 42.1 Å². The summed E-state index contributed by atoms with van der Waals surface area (Å²) in [6.45, 7) is 5.66. The number of nitrogens with zero attached hydrogens (tertiary/aromatic N) is 5. The molecule has 0 fully saturated rings. The van der Waals surface area contributed by atoms with Gasteiger partial charge in [-0.15, -0.1) is 0 Å². The normalized spacial score (nSPS) is 12.0. The van der Waals surface area contributed by atoms with Crippen LogP contribution >= 0.6 is 11.6 Å². The second-order valence-corrected chi connectivity index (χ2v) is 9.10. The number of carbonyl (C=O) groups is 1. The third-order valence-electron chi connectivity index (χ3n) is 6.12. The summed E-state index contributed by atoms with van der Waals surface area (Å²) in [5, 5.41) is 8.22. The molecule has 5 aromatic rings. The summed E-state index contributed by atoms with van der Waals surface area (Å²) in [5.41, 5.74) is 3.40. The first-order valence-corrected chi connectivity index (χ1v) is 12.3. The van der Waals surface area contributed by atoms with E-state index in [-0.39, 0.29) is 17.3 Å². The third kappa shape index (κ3) is 4.95. The Hall–Kier alpha value is -4.31. The molecule has 2 aromatic carbocycles. The van der Waals surface area contributed by atoms with Crippen LogP contribution < -0.4 is 10.1 Å². The molecule has 11 heteroatoms. The van der Waals surface area contributed by atoms with Gasteiger partial charge in [0, 0.05) is 23.1 Å². The first-order valence-electron chi connectivity index (χ1n) is 11.9. The number of halogens is 2. The molecule has 0 aliphatic carbocycles. The summed E-state index contributed by atoms with van der Waals surface area (Å²) in [4.78, 5) is 25.4. The van der Waals surface area contributed by atoms with Gasteiger partial charge in [-0.1, -0.05) is 30.7 Å². The van der Waals surface area contributed by atoms with Crippen LogP contribution in [0.5, 0.6) is 5.75 Å². The zero-order valence-electron chi connectivity index (χ0n) is 20.9. The molecule has 9 nitrogen and oxygen atoms in total. The Morgan fingerprint density at radius 3 is 2.87 bits per heavy atom. The van der Waals surface area contributed by atoms with Gasteiger partial charge in [-0.2, -0.15) is 5.10 Å². The van der Waals surface area contributed by atoms with Gasteiger partial charge in [0.05, 0.1) is 16.8 Å². The van der Waals surface area contributed by atoms with E-state index in [0.29, 0.717) is 22.4 Å². The van der Waals surface area contributed by atoms with Crippen molar-refractivity contribution < 1.29 is 18.3 Å². The number of hydrogen-bond acceptors (Lipinski definition) is 7. The molecule has 3 heterocycles. The predicted octanol–water partition coefficient (Wildman–Crippen LogP) is 5.54. The fraction of sp³-hybridized carbons (Fsp3) is 0.222. The number of oxazole rings is 1. The lowest BCUT2D eigenvalue weighted by molar-refractivity contribution is 0.0934. The van der Waals surface area contributed by atoms with Crippen LogP contribution in [-0.2, 0) is 13.0 Å². The van der Waals surface area contributed by atoms with Gasteiger partial charge >= 0.3 is 0 Å². The first kappa shape index (κ1) is 25.3. The molecular weight excluding hydrogens is 511 g/mol. The minimum absolute atomic E-state index is 0.0201. The van der Waals surface area contributed by atoms with E-state index in [9.17, 15) is 9.18 Å². The van der Waals surface area contributed by atoms with Crippen LogP contribution in [0.4, 0.5) is 4.39 Å². The van der Waals surface area contributed by atoms with Crippen molar-refractivity contribution >= 4 is 28.4 Å². The second-order valence-electron chi connectivity index (χ2n) is 8.69. The maximum atomic E-state index is 14.3. The molecule has 0 spiro atoms. The maximum Gasteiger partial charge on any atom is 0.273 e. The van der Waals surface area contributed by atoms with Gasteiger partial charge in [0.2, 0.25) is 0 Å². The highest BCUT2D eigenvalue weighted by Gasteiger charge is 2.21. The summed E-state index contributed by atoms with van der Waals surface area (Å²) in [5.74, 6) is 0.367. The summed E-state index contributed by atoms with van der Waals surface area (Å²) in [7, 11) is 0. The number of rotatable bonds is 8. The Morgan fingerprint density at radius 2 is 2.11 bits per heavy atom. The smallest absolute Gasteiger partial charge is 0.273 e. The van der Waals surface area contributed by atoms with Gasteiger partial charge in [0.25, 0.3) is 5.91 Å². The maximum absolute atomic E-state index is 14.3. The summed E-state index contributed by atoms with van der Waals surface area (Å²) < 4.78 is 27.2. The monoisotopic (exact) mass is 534 g/mol. The van der Waals surface area contributed by atoms with Crippen LogP contribution in [0.15, 0.2) is 59.8 Å². The van der Waals surface area contributed by atoms with E-state index in [4.69, 9.17) is 25.7 Å². The average molecular weight is 535 g/mol. The molecular formula is C27H24ClFN6O3. The summed E-state index contributed by atoms with van der Waals surface area (Å²) in [6, 6.07) is 9.54. The van der Waals surface area contributed by atoms with E-state index < -0.39 is 17.8 Å². The van der Waals surface area contributed by atoms with Gasteiger partial charge in [-0.25, -0.2) is 24.0 Å². The van der Waals surface area contributed by atoms with Crippen molar-refractivity contribution in [3.63, 3.8) is 0 Å². The van der Waals surface area contributed by atoms with Gasteiger partial charge in [0.15, 0.2) is 12.1 Å². The van der Waals surface area contributed by atoms with Gasteiger partial charge in [-0.05, 0) is 43.7 Å². The Balaban J connectivity index is 1.48. The SMILES string of the molecule is CCc1ncnn1-c1cc(C)nc2c(OCc3c(Cl)cc(F)cc3[C@H](C)NC(=O)c3cocn3)cccc12. The molecule has 0 saturated carbocycles. The summed E-state index contributed by atoms with van der Waals surface area (Å²) in [6.07, 6.45) is 4.64. The number of amides is 1. The predicted molar refractivity (Wildman–Crippen MR) is 139 cm³/mol. The molecule has 3 aromatic heterocycles. The van der Waals surface area contributed by atoms with E-state index in [2.05, 4.69) is 20.4 Å². The van der Waals surface area contributed by atoms with Gasteiger partial charge in [-0.3, -0.25) is 4.79 Å². The number of fused-ring (bicyclic) bond motifs is 1. The molecule has 0 bridgehead atoms. The van der Waals surface area contributed by atoms with Crippen LogP contribution in [0.25, 0.3) is 16.6 Å². The highest BCUT2D eigenvalue weighted by atomic mass is 35.5. The van der Waals surface area contributed by atoms with Crippen LogP contribution in [0.2, 0.25) is 5.02 Å². The lowest BCUT2D eigenvalue weighted by Crippen LogP contribution is -2.28. The number of pyridine rings is 1. The molecule has 0 aliphatic rings. The molecule has 0 saturated heterocycles. The average Bonchev–Trinajstić information content (AvgIpc) is 3.60. The van der Waals surface area contributed by atoms with Crippen LogP contribution in [0.3, 0.4) is 0 Å². The van der Waals surface area contributed by atoms with Crippen molar-refractivity contribution in [1.82, 2.24) is 30.0 Å². The first-order chi connectivity index (χ1) is 18.4. The van der Waals surface area contributed by atoms with E-state index in [0.717, 1.165) is 35.4 Å². The van der Waals surface area contributed by atoms with Crippen LogP contribution in [-0.4, -0.2) is 30.6 Å². The number of nitrogens with one attached hydrogen (secondary N) is 1. The van der Waals surface area contributed by atoms with Crippen LogP contribution in [0, 0.1) is 12.7 Å². The molecule has 0 aliphatic heterocycles. The van der Waals surface area contributed by atoms with Crippen molar-refractivity contribution in [3.8, 4) is 11.4 Å². The van der Waals surface area contributed by atoms with Gasteiger partial charge < -0.3 is 14.5 Å². The second kappa shape index (κ2) is 10.6. The summed E-state index contributed by atoms with van der Waals surface area (Å²) >= 11 is 6.46. The molecule has 1 N–H and O–H groups in total. The fourth-order valence-corrected chi connectivity index (χ4v) is 4.58. The number of aryl methyl sites for hydroxylation is 2. The molecule has 0 radical (unpaired) electrons. The van der Waals surface area contributed by atoms with E-state index >= 15 is 0 Å². The number of benzene rings is 2. The number of ether oxygens (including phenoxy) is 1. The number of aromatic nitrogens is 5. The zero-order chi connectivity index (χ0) is 26.8. The fourth-order valence-electron chi connectivity index (χ4n) is 4.31. The van der Waals surface area contributed by atoms with E-state index in [1.165, 1.54) is 24.7 Å². The van der Waals surface area contributed by atoms with Crippen molar-refractivity contribution in [2.75, 3.05) is 0 Å². The quantitative estimate of drug-likeness (QED) is 0.278. The molecule has 5 rings (SSSR count). The topological polar surface area (TPSA) is 108 Å². The Bertz CT molecular complexity index is 1620. The van der Waals surface area contributed by atoms with Crippen molar-refractivity contribution in [2.45, 2.75) is 39.8 Å². The number of hydrogen-bond donors (Lipinski definition) is 1. The third-order valence-corrected chi connectivity index (χ3v) is 6.45. The lowest BCUT2D eigenvalue weighted by Gasteiger charge is -2.20. The van der Waals surface area contributed by atoms with Crippen molar-refractivity contribution in [1.29, 1.82) is 0 Å². The molecule has 194 valence electrons. The Kier molecular flexibility index (Phi) is 7.06. The number of carbonyl (C=O) groups excluding carboxylic acids is 1. The Morgan fingerprint density at radius 1 is 1.26 bits per heavy atom. The zero-order valence-corrected chi connectivity index (χ0v) is 21.7. The largest absolute Gasteiger partial charge is 0.487 e. The van der Waals surface area contributed by atoms with E-state index in [1.807, 2.05) is 38.1 Å². The highest BCUT2D eigenvalue weighted by Crippen LogP contribution is 2.32. The molecule has 1 atom stereocenters. The molecule has 1 amide bonds. The minimum Gasteiger partial charge on any atom is -0.487 e. The number of para-hydroxylation sites is 1.